The Kier molecular flexibility index (Phi) is 4.42. The van der Waals surface area contributed by atoms with Gasteiger partial charge < -0.3 is 14.2 Å². The van der Waals surface area contributed by atoms with Gasteiger partial charge in [0, 0.05) is 19.3 Å². The number of aromatic nitrogens is 3. The van der Waals surface area contributed by atoms with Crippen LogP contribution in [0, 0.1) is 0 Å². The van der Waals surface area contributed by atoms with Gasteiger partial charge in [0.15, 0.2) is 17.3 Å². The van der Waals surface area contributed by atoms with Crippen molar-refractivity contribution in [3.8, 4) is 17.2 Å². The zero-order chi connectivity index (χ0) is 15.4. The number of benzene rings is 1. The van der Waals surface area contributed by atoms with E-state index in [-0.39, 0.29) is 12.2 Å². The minimum absolute atomic E-state index is 0.131. The summed E-state index contributed by atoms with van der Waals surface area (Å²) in [6.45, 7) is 0. The number of Topliss-reactive ketones (excluding diaryl/α,β-unsaturated/α-hetero) is 1. The molecule has 1 heterocycles. The molecule has 7 nitrogen and oxygen atoms in total. The Labute approximate surface area is 122 Å². The molecule has 2 aromatic rings. The molecule has 0 N–H and O–H groups in total. The summed E-state index contributed by atoms with van der Waals surface area (Å²) in [5.74, 6) is 1.28. The number of rotatable bonds is 6. The predicted molar refractivity (Wildman–Crippen MR) is 75.1 cm³/mol. The fourth-order valence-electron chi connectivity index (χ4n) is 1.98. The molecule has 1 aromatic heterocycles. The zero-order valence-corrected chi connectivity index (χ0v) is 12.4. The Morgan fingerprint density at radius 1 is 1.10 bits per heavy atom. The number of hydrogen-bond acceptors (Lipinski definition) is 6. The first-order valence-corrected chi connectivity index (χ1v) is 6.27. The van der Waals surface area contributed by atoms with Crippen LogP contribution in [0.4, 0.5) is 0 Å². The lowest BCUT2D eigenvalue weighted by Crippen LogP contribution is -2.07. The highest BCUT2D eigenvalue weighted by Crippen LogP contribution is 2.35. The van der Waals surface area contributed by atoms with Crippen molar-refractivity contribution < 1.29 is 19.0 Å². The van der Waals surface area contributed by atoms with Crippen LogP contribution in [-0.2, 0) is 13.5 Å². The first-order valence-electron chi connectivity index (χ1n) is 6.27. The third kappa shape index (κ3) is 3.13. The van der Waals surface area contributed by atoms with Gasteiger partial charge >= 0.3 is 0 Å². The molecule has 7 heteroatoms. The summed E-state index contributed by atoms with van der Waals surface area (Å²) in [5.41, 5.74) is 1.01. The molecule has 0 saturated carbocycles. The lowest BCUT2D eigenvalue weighted by atomic mass is 10.0. The molecule has 0 unspecified atom stereocenters. The number of carbonyl (C=O) groups is 1. The number of aryl methyl sites for hydroxylation is 1. The smallest absolute Gasteiger partial charge is 0.172 e. The van der Waals surface area contributed by atoms with Crippen LogP contribution >= 0.6 is 0 Å². The Balaban J connectivity index is 2.34. The maximum absolute atomic E-state index is 12.4. The van der Waals surface area contributed by atoms with Crippen molar-refractivity contribution in [2.75, 3.05) is 21.3 Å². The average Bonchev–Trinajstić information content (AvgIpc) is 2.90. The van der Waals surface area contributed by atoms with Gasteiger partial charge in [0.05, 0.1) is 39.0 Å². The number of carbonyl (C=O) groups excluding carboxylic acids is 1. The second kappa shape index (κ2) is 6.25. The van der Waals surface area contributed by atoms with Crippen LogP contribution in [0.2, 0.25) is 0 Å². The average molecular weight is 291 g/mol. The number of ketones is 1. The SMILES string of the molecule is COc1cc(OC)c(C(=O)Cc2cn(C)nn2)cc1OC. The molecular formula is C14H17N3O4. The normalized spacial score (nSPS) is 10.3. The molecule has 0 aliphatic carbocycles. The van der Waals surface area contributed by atoms with Crippen molar-refractivity contribution in [3.63, 3.8) is 0 Å². The molecule has 112 valence electrons. The Morgan fingerprint density at radius 3 is 2.24 bits per heavy atom. The van der Waals surface area contributed by atoms with Gasteiger partial charge in [-0.2, -0.15) is 0 Å². The lowest BCUT2D eigenvalue weighted by Gasteiger charge is -2.13. The fourth-order valence-corrected chi connectivity index (χ4v) is 1.98. The topological polar surface area (TPSA) is 75.5 Å². The molecule has 0 fully saturated rings. The summed E-state index contributed by atoms with van der Waals surface area (Å²) in [6.07, 6.45) is 1.84. The molecule has 0 aliphatic rings. The minimum Gasteiger partial charge on any atom is -0.496 e. The highest BCUT2D eigenvalue weighted by atomic mass is 16.5. The number of nitrogens with zero attached hydrogens (tertiary/aromatic N) is 3. The van der Waals surface area contributed by atoms with Gasteiger partial charge in [0.25, 0.3) is 0 Å². The van der Waals surface area contributed by atoms with Crippen LogP contribution < -0.4 is 14.2 Å². The molecule has 1 aromatic carbocycles. The predicted octanol–water partition coefficient (Wildman–Crippen LogP) is 1.27. The van der Waals surface area contributed by atoms with Crippen molar-refractivity contribution in [1.82, 2.24) is 15.0 Å². The summed E-state index contributed by atoms with van der Waals surface area (Å²) in [7, 11) is 6.29. The van der Waals surface area contributed by atoms with Gasteiger partial charge in [-0.25, -0.2) is 0 Å². The summed E-state index contributed by atoms with van der Waals surface area (Å²) in [6, 6.07) is 3.24. The number of methoxy groups -OCH3 is 3. The second-order valence-corrected chi connectivity index (χ2v) is 4.39. The van der Waals surface area contributed by atoms with Gasteiger partial charge in [-0.05, 0) is 6.07 Å². The van der Waals surface area contributed by atoms with E-state index >= 15 is 0 Å². The van der Waals surface area contributed by atoms with Crippen LogP contribution in [0.25, 0.3) is 0 Å². The molecule has 0 saturated heterocycles. The number of ether oxygens (including phenoxy) is 3. The van der Waals surface area contributed by atoms with E-state index in [0.717, 1.165) is 0 Å². The summed E-state index contributed by atoms with van der Waals surface area (Å²) in [5, 5.41) is 7.71. The largest absolute Gasteiger partial charge is 0.496 e. The standard InChI is InChI=1S/C14H17N3O4/c1-17-8-9(15-16-17)5-11(18)10-6-13(20-3)14(21-4)7-12(10)19-2/h6-8H,5H2,1-4H3. The van der Waals surface area contributed by atoms with E-state index in [2.05, 4.69) is 10.3 Å². The zero-order valence-electron chi connectivity index (χ0n) is 12.4. The van der Waals surface area contributed by atoms with Gasteiger partial charge in [-0.3, -0.25) is 9.48 Å². The van der Waals surface area contributed by atoms with Crippen LogP contribution in [0.3, 0.4) is 0 Å². The highest BCUT2D eigenvalue weighted by Gasteiger charge is 2.18. The number of hydrogen-bond donors (Lipinski definition) is 0. The Morgan fingerprint density at radius 2 is 1.71 bits per heavy atom. The maximum Gasteiger partial charge on any atom is 0.172 e. The molecule has 21 heavy (non-hydrogen) atoms. The summed E-state index contributed by atoms with van der Waals surface area (Å²) in [4.78, 5) is 12.4. The molecular weight excluding hydrogens is 274 g/mol. The summed E-state index contributed by atoms with van der Waals surface area (Å²) >= 11 is 0. The lowest BCUT2D eigenvalue weighted by molar-refractivity contribution is 0.0988. The van der Waals surface area contributed by atoms with E-state index in [4.69, 9.17) is 14.2 Å². The van der Waals surface area contributed by atoms with Gasteiger partial charge in [0.1, 0.15) is 5.75 Å². The molecule has 0 aliphatic heterocycles. The summed E-state index contributed by atoms with van der Waals surface area (Å²) < 4.78 is 17.2. The molecule has 0 spiro atoms. The fraction of sp³-hybridized carbons (Fsp3) is 0.357. The molecule has 0 amide bonds. The third-order valence-corrected chi connectivity index (χ3v) is 3.00. The first-order chi connectivity index (χ1) is 10.1. The third-order valence-electron chi connectivity index (χ3n) is 3.00. The first kappa shape index (κ1) is 14.8. The second-order valence-electron chi connectivity index (χ2n) is 4.39. The molecule has 2 rings (SSSR count). The van der Waals surface area contributed by atoms with E-state index in [9.17, 15) is 4.79 Å². The molecule has 0 bridgehead atoms. The van der Waals surface area contributed by atoms with Crippen molar-refractivity contribution in [2.24, 2.45) is 7.05 Å². The van der Waals surface area contributed by atoms with Crippen LogP contribution in [-0.4, -0.2) is 42.1 Å². The van der Waals surface area contributed by atoms with Crippen molar-refractivity contribution >= 4 is 5.78 Å². The van der Waals surface area contributed by atoms with Crippen molar-refractivity contribution in [3.05, 3.63) is 29.6 Å². The van der Waals surface area contributed by atoms with E-state index < -0.39 is 0 Å². The quantitative estimate of drug-likeness (QED) is 0.746. The van der Waals surface area contributed by atoms with Gasteiger partial charge in [0.2, 0.25) is 0 Å². The van der Waals surface area contributed by atoms with E-state index in [0.29, 0.717) is 28.5 Å². The Hall–Kier alpha value is -2.57. The minimum atomic E-state index is -0.131. The van der Waals surface area contributed by atoms with Crippen LogP contribution in [0.15, 0.2) is 18.3 Å². The van der Waals surface area contributed by atoms with Crippen LogP contribution in [0.5, 0.6) is 17.2 Å². The van der Waals surface area contributed by atoms with Crippen molar-refractivity contribution in [2.45, 2.75) is 6.42 Å². The Bertz CT molecular complexity index is 652. The maximum atomic E-state index is 12.4. The molecule has 0 radical (unpaired) electrons. The molecule has 0 atom stereocenters. The van der Waals surface area contributed by atoms with E-state index in [1.807, 2.05) is 0 Å². The van der Waals surface area contributed by atoms with Gasteiger partial charge in [-0.15, -0.1) is 5.10 Å². The monoisotopic (exact) mass is 291 g/mol. The van der Waals surface area contributed by atoms with Crippen molar-refractivity contribution in [1.29, 1.82) is 0 Å². The van der Waals surface area contributed by atoms with E-state index in [1.165, 1.54) is 21.3 Å². The highest BCUT2D eigenvalue weighted by molar-refractivity contribution is 6.00. The van der Waals surface area contributed by atoms with Gasteiger partial charge in [-0.1, -0.05) is 5.21 Å². The van der Waals surface area contributed by atoms with Crippen LogP contribution in [0.1, 0.15) is 16.1 Å². The van der Waals surface area contributed by atoms with E-state index in [1.54, 1.807) is 30.1 Å².